The number of anilines is 2. The number of aromatic nitrogens is 3. The van der Waals surface area contributed by atoms with Gasteiger partial charge in [-0.2, -0.15) is 4.98 Å². The summed E-state index contributed by atoms with van der Waals surface area (Å²) in [6.45, 7) is 5.15. The molecule has 1 aromatic carbocycles. The third-order valence-electron chi connectivity index (χ3n) is 5.84. The summed E-state index contributed by atoms with van der Waals surface area (Å²) >= 11 is 1.24. The Morgan fingerprint density at radius 1 is 1.26 bits per heavy atom. The highest BCUT2D eigenvalue weighted by atomic mass is 32.1. The van der Waals surface area contributed by atoms with Crippen LogP contribution in [0.15, 0.2) is 29.3 Å². The maximum absolute atomic E-state index is 13.1. The highest BCUT2D eigenvalue weighted by molar-refractivity contribution is 7.22. The molecule has 1 saturated heterocycles. The molecular weight excluding hydrogens is 472 g/mol. The zero-order valence-electron chi connectivity index (χ0n) is 19.4. The monoisotopic (exact) mass is 498 g/mol. The predicted molar refractivity (Wildman–Crippen MR) is 131 cm³/mol. The van der Waals surface area contributed by atoms with E-state index in [-0.39, 0.29) is 42.7 Å². The first-order valence-corrected chi connectivity index (χ1v) is 12.3. The standard InChI is InChI=1S/C23H26N6O5S/c1-13(2)25-21(31)14-4-3-7-28(9-14)23-27-20-19(35-23)22(32)29(11-24-20)10-18(30)26-15-5-6-16-17(8-15)34-12-33-16/h5-6,8,11,13-14H,3-4,7,9-10,12H2,1-2H3,(H,25,31)(H,26,30)/t14-/m1/s1. The number of carbonyl (C=O) groups is 2. The van der Waals surface area contributed by atoms with Crippen molar-refractivity contribution in [3.63, 3.8) is 0 Å². The van der Waals surface area contributed by atoms with E-state index in [2.05, 4.69) is 20.6 Å². The number of fused-ring (bicyclic) bond motifs is 2. The van der Waals surface area contributed by atoms with Gasteiger partial charge in [-0.3, -0.25) is 19.0 Å². The van der Waals surface area contributed by atoms with E-state index in [0.29, 0.717) is 39.2 Å². The molecular formula is C23H26N6O5S. The van der Waals surface area contributed by atoms with Crippen LogP contribution >= 0.6 is 11.3 Å². The van der Waals surface area contributed by atoms with Gasteiger partial charge in [0.25, 0.3) is 5.56 Å². The number of nitrogens with zero attached hydrogens (tertiary/aromatic N) is 4. The number of hydrogen-bond acceptors (Lipinski definition) is 9. The highest BCUT2D eigenvalue weighted by Gasteiger charge is 2.28. The molecule has 1 atom stereocenters. The van der Waals surface area contributed by atoms with Crippen molar-refractivity contribution in [2.75, 3.05) is 30.1 Å². The molecule has 0 saturated carbocycles. The van der Waals surface area contributed by atoms with Gasteiger partial charge in [-0.1, -0.05) is 11.3 Å². The summed E-state index contributed by atoms with van der Waals surface area (Å²) in [5.41, 5.74) is 0.560. The third kappa shape index (κ3) is 4.92. The van der Waals surface area contributed by atoms with E-state index in [4.69, 9.17) is 9.47 Å². The SMILES string of the molecule is CC(C)NC(=O)[C@@H]1CCCN(c2nc3ncn(CC(=O)Nc4ccc5c(c4)OCO5)c(=O)c3s2)C1. The molecule has 2 amide bonds. The van der Waals surface area contributed by atoms with Crippen molar-refractivity contribution in [1.29, 1.82) is 0 Å². The minimum atomic E-state index is -0.369. The molecule has 1 fully saturated rings. The van der Waals surface area contributed by atoms with Crippen LogP contribution < -0.4 is 30.6 Å². The van der Waals surface area contributed by atoms with Gasteiger partial charge in [-0.15, -0.1) is 0 Å². The van der Waals surface area contributed by atoms with E-state index >= 15 is 0 Å². The first-order chi connectivity index (χ1) is 16.9. The molecule has 0 unspecified atom stereocenters. The lowest BCUT2D eigenvalue weighted by Crippen LogP contribution is -2.44. The summed E-state index contributed by atoms with van der Waals surface area (Å²) in [4.78, 5) is 49.0. The van der Waals surface area contributed by atoms with Gasteiger partial charge in [0, 0.05) is 30.9 Å². The van der Waals surface area contributed by atoms with Gasteiger partial charge in [-0.05, 0) is 38.8 Å². The van der Waals surface area contributed by atoms with Gasteiger partial charge in [0.2, 0.25) is 18.6 Å². The fraction of sp³-hybridized carbons (Fsp3) is 0.435. The number of benzene rings is 1. The van der Waals surface area contributed by atoms with Gasteiger partial charge >= 0.3 is 0 Å². The number of nitrogens with one attached hydrogen (secondary N) is 2. The molecule has 2 N–H and O–H groups in total. The number of piperidine rings is 1. The van der Waals surface area contributed by atoms with Crippen LogP contribution in [0.3, 0.4) is 0 Å². The minimum absolute atomic E-state index is 0.0414. The van der Waals surface area contributed by atoms with E-state index in [1.54, 1.807) is 18.2 Å². The van der Waals surface area contributed by atoms with Crippen LogP contribution in [0.1, 0.15) is 26.7 Å². The molecule has 12 heteroatoms. The van der Waals surface area contributed by atoms with Gasteiger partial charge in [-0.25, -0.2) is 4.98 Å². The maximum atomic E-state index is 13.1. The van der Waals surface area contributed by atoms with Crippen LogP contribution in [0.4, 0.5) is 10.8 Å². The van der Waals surface area contributed by atoms with Crippen LogP contribution in [-0.2, 0) is 16.1 Å². The van der Waals surface area contributed by atoms with Crippen LogP contribution in [0.5, 0.6) is 11.5 Å². The average Bonchev–Trinajstić information content (AvgIpc) is 3.48. The predicted octanol–water partition coefficient (Wildman–Crippen LogP) is 1.96. The topological polar surface area (TPSA) is 128 Å². The molecule has 2 aliphatic rings. The highest BCUT2D eigenvalue weighted by Crippen LogP contribution is 2.34. The van der Waals surface area contributed by atoms with Crippen LogP contribution in [0.25, 0.3) is 10.3 Å². The van der Waals surface area contributed by atoms with Gasteiger partial charge in [0.05, 0.1) is 5.92 Å². The van der Waals surface area contributed by atoms with Crippen molar-refractivity contribution in [3.05, 3.63) is 34.9 Å². The van der Waals surface area contributed by atoms with Crippen molar-refractivity contribution in [1.82, 2.24) is 19.9 Å². The molecule has 0 bridgehead atoms. The molecule has 11 nitrogen and oxygen atoms in total. The summed E-state index contributed by atoms with van der Waals surface area (Å²) in [6, 6.07) is 5.19. The number of rotatable bonds is 6. The van der Waals surface area contributed by atoms with E-state index in [9.17, 15) is 14.4 Å². The summed E-state index contributed by atoms with van der Waals surface area (Å²) in [5, 5.41) is 6.40. The normalized spacial score (nSPS) is 17.1. The summed E-state index contributed by atoms with van der Waals surface area (Å²) in [5.74, 6) is 0.728. The Morgan fingerprint density at radius 2 is 2.09 bits per heavy atom. The number of amides is 2. The maximum Gasteiger partial charge on any atom is 0.273 e. The zero-order chi connectivity index (χ0) is 24.5. The Balaban J connectivity index is 1.29. The number of ether oxygens (including phenoxy) is 2. The lowest BCUT2D eigenvalue weighted by molar-refractivity contribution is -0.125. The Labute approximate surface area is 205 Å². The first-order valence-electron chi connectivity index (χ1n) is 11.5. The Bertz CT molecular complexity index is 1340. The Morgan fingerprint density at radius 3 is 2.91 bits per heavy atom. The zero-order valence-corrected chi connectivity index (χ0v) is 20.3. The number of carbonyl (C=O) groups excluding carboxylic acids is 2. The summed E-state index contributed by atoms with van der Waals surface area (Å²) in [6.07, 6.45) is 3.02. The second-order valence-corrected chi connectivity index (χ2v) is 9.87. The molecule has 4 heterocycles. The van der Waals surface area contributed by atoms with Crippen molar-refractivity contribution >= 4 is 44.3 Å². The van der Waals surface area contributed by atoms with E-state index in [1.165, 1.54) is 22.2 Å². The van der Waals surface area contributed by atoms with Gasteiger partial charge in [0.15, 0.2) is 22.3 Å². The first kappa shape index (κ1) is 23.1. The molecule has 3 aromatic rings. The second-order valence-electron chi connectivity index (χ2n) is 8.89. The fourth-order valence-electron chi connectivity index (χ4n) is 4.18. The van der Waals surface area contributed by atoms with Crippen LogP contribution in [0, 0.1) is 5.92 Å². The average molecular weight is 499 g/mol. The van der Waals surface area contributed by atoms with E-state index < -0.39 is 0 Å². The Hall–Kier alpha value is -3.67. The van der Waals surface area contributed by atoms with Crippen LogP contribution in [-0.4, -0.2) is 52.3 Å². The molecule has 0 radical (unpaired) electrons. The van der Waals surface area contributed by atoms with Crippen molar-refractivity contribution in [2.45, 2.75) is 39.3 Å². The molecule has 2 aromatic heterocycles. The lowest BCUT2D eigenvalue weighted by atomic mass is 9.97. The molecule has 0 aliphatic carbocycles. The van der Waals surface area contributed by atoms with Crippen molar-refractivity contribution < 1.29 is 19.1 Å². The van der Waals surface area contributed by atoms with Gasteiger partial charge < -0.3 is 25.0 Å². The minimum Gasteiger partial charge on any atom is -0.454 e. The van der Waals surface area contributed by atoms with Crippen molar-refractivity contribution in [2.24, 2.45) is 5.92 Å². The quantitative estimate of drug-likeness (QED) is 0.528. The summed E-state index contributed by atoms with van der Waals surface area (Å²) < 4.78 is 12.2. The number of thiazole rings is 1. The van der Waals surface area contributed by atoms with Crippen molar-refractivity contribution in [3.8, 4) is 11.5 Å². The smallest absolute Gasteiger partial charge is 0.273 e. The lowest BCUT2D eigenvalue weighted by Gasteiger charge is -2.32. The molecule has 184 valence electrons. The third-order valence-corrected chi connectivity index (χ3v) is 6.93. The molecule has 0 spiro atoms. The second kappa shape index (κ2) is 9.53. The van der Waals surface area contributed by atoms with E-state index in [0.717, 1.165) is 19.4 Å². The number of hydrogen-bond donors (Lipinski definition) is 2. The van der Waals surface area contributed by atoms with E-state index in [1.807, 2.05) is 18.7 Å². The molecule has 35 heavy (non-hydrogen) atoms. The molecule has 2 aliphatic heterocycles. The fourth-order valence-corrected chi connectivity index (χ4v) is 5.18. The molecule has 5 rings (SSSR count). The largest absolute Gasteiger partial charge is 0.454 e. The Kier molecular flexibility index (Phi) is 6.29. The van der Waals surface area contributed by atoms with Crippen LogP contribution in [0.2, 0.25) is 0 Å². The summed E-state index contributed by atoms with van der Waals surface area (Å²) in [7, 11) is 0. The van der Waals surface area contributed by atoms with Gasteiger partial charge in [0.1, 0.15) is 17.6 Å².